The smallest absolute Gasteiger partial charge is 0.137 e. The van der Waals surface area contributed by atoms with E-state index in [4.69, 9.17) is 0 Å². The number of aromatic nitrogens is 1. The molecule has 8 aromatic carbocycles. The third-order valence-electron chi connectivity index (χ3n) is 10.2. The summed E-state index contributed by atoms with van der Waals surface area (Å²) in [7, 11) is 0. The van der Waals surface area contributed by atoms with E-state index in [1.807, 2.05) is 11.8 Å². The Morgan fingerprint density at radius 1 is 0.389 bits per heavy atom. The second-order valence-electron chi connectivity index (χ2n) is 13.4. The summed E-state index contributed by atoms with van der Waals surface area (Å²) < 4.78 is 2.44. The summed E-state index contributed by atoms with van der Waals surface area (Å²) in [6.45, 7) is 0. The minimum atomic E-state index is 1.12. The van der Waals surface area contributed by atoms with Crippen molar-refractivity contribution in [2.24, 2.45) is 0 Å². The highest BCUT2D eigenvalue weighted by Gasteiger charge is 2.32. The highest BCUT2D eigenvalue weighted by molar-refractivity contribution is 8.00. The zero-order valence-electron chi connectivity index (χ0n) is 29.5. The van der Waals surface area contributed by atoms with Gasteiger partial charge < -0.3 is 4.90 Å². The molecule has 0 fully saturated rings. The Bertz CT molecular complexity index is 2670. The molecule has 1 aliphatic heterocycles. The van der Waals surface area contributed by atoms with E-state index in [1.54, 1.807) is 0 Å². The molecule has 0 saturated heterocycles. The molecule has 54 heavy (non-hydrogen) atoms. The van der Waals surface area contributed by atoms with Crippen LogP contribution in [0.1, 0.15) is 0 Å². The summed E-state index contributed by atoms with van der Waals surface area (Å²) >= 11 is 1.86. The minimum absolute atomic E-state index is 1.12. The molecule has 3 nitrogen and oxygen atoms in total. The van der Waals surface area contributed by atoms with Gasteiger partial charge in [-0.25, -0.2) is 0 Å². The summed E-state index contributed by atoms with van der Waals surface area (Å²) in [5.41, 5.74) is 12.8. The van der Waals surface area contributed by atoms with Crippen LogP contribution in [0.2, 0.25) is 0 Å². The lowest BCUT2D eigenvalue weighted by atomic mass is 9.99. The fourth-order valence-corrected chi connectivity index (χ4v) is 8.80. The predicted octanol–water partition coefficient (Wildman–Crippen LogP) is 14.4. The molecular formula is C50H35N3S. The van der Waals surface area contributed by atoms with Crippen molar-refractivity contribution in [3.05, 3.63) is 212 Å². The van der Waals surface area contributed by atoms with E-state index < -0.39 is 0 Å². The molecule has 256 valence electrons. The second kappa shape index (κ2) is 13.7. The van der Waals surface area contributed by atoms with E-state index in [9.17, 15) is 0 Å². The average molecular weight is 710 g/mol. The lowest BCUT2D eigenvalue weighted by Gasteiger charge is -2.32. The van der Waals surface area contributed by atoms with Gasteiger partial charge in [-0.05, 0) is 101 Å². The Kier molecular flexibility index (Phi) is 8.08. The summed E-state index contributed by atoms with van der Waals surface area (Å²) in [5.74, 6) is 1.17. The third-order valence-corrected chi connectivity index (χ3v) is 11.3. The Labute approximate surface area is 320 Å². The van der Waals surface area contributed by atoms with Crippen LogP contribution in [0.3, 0.4) is 0 Å². The van der Waals surface area contributed by atoms with Gasteiger partial charge in [0.1, 0.15) is 5.82 Å². The van der Waals surface area contributed by atoms with Crippen molar-refractivity contribution in [3.8, 4) is 27.9 Å². The Balaban J connectivity index is 1.03. The van der Waals surface area contributed by atoms with Crippen LogP contribution in [-0.2, 0) is 0 Å². The number of benzene rings is 8. The molecule has 1 aromatic heterocycles. The van der Waals surface area contributed by atoms with E-state index in [0.29, 0.717) is 0 Å². The molecule has 0 saturated carbocycles. The van der Waals surface area contributed by atoms with Gasteiger partial charge in [0, 0.05) is 38.7 Å². The molecule has 2 heterocycles. The molecular weight excluding hydrogens is 675 g/mol. The van der Waals surface area contributed by atoms with Crippen molar-refractivity contribution in [3.63, 3.8) is 0 Å². The highest BCUT2D eigenvalue weighted by Crippen LogP contribution is 2.56. The first-order valence-corrected chi connectivity index (χ1v) is 19.1. The first-order valence-electron chi connectivity index (χ1n) is 18.3. The highest BCUT2D eigenvalue weighted by atomic mass is 32.2. The first kappa shape index (κ1) is 31.9. The van der Waals surface area contributed by atoms with E-state index >= 15 is 0 Å². The molecule has 0 N–H and O–H groups in total. The molecule has 10 rings (SSSR count). The predicted molar refractivity (Wildman–Crippen MR) is 228 cm³/mol. The van der Waals surface area contributed by atoms with Gasteiger partial charge in [0.2, 0.25) is 0 Å². The number of rotatable bonds is 7. The first-order chi connectivity index (χ1) is 26.8. The van der Waals surface area contributed by atoms with E-state index in [0.717, 1.165) is 28.4 Å². The van der Waals surface area contributed by atoms with Crippen LogP contribution in [0.5, 0.6) is 0 Å². The fourth-order valence-electron chi connectivity index (χ4n) is 7.62. The molecule has 0 amide bonds. The van der Waals surface area contributed by atoms with Gasteiger partial charge in [0.25, 0.3) is 0 Å². The Hall–Kier alpha value is -6.75. The van der Waals surface area contributed by atoms with Crippen LogP contribution >= 0.6 is 11.8 Å². The van der Waals surface area contributed by atoms with Crippen LogP contribution in [0.25, 0.3) is 38.8 Å². The van der Waals surface area contributed by atoms with Gasteiger partial charge >= 0.3 is 0 Å². The van der Waals surface area contributed by atoms with Gasteiger partial charge in [-0.3, -0.25) is 9.47 Å². The zero-order chi connectivity index (χ0) is 35.8. The zero-order valence-corrected chi connectivity index (χ0v) is 30.3. The van der Waals surface area contributed by atoms with Gasteiger partial charge in [0.15, 0.2) is 0 Å². The molecule has 0 spiro atoms. The summed E-state index contributed by atoms with van der Waals surface area (Å²) in [4.78, 5) is 7.23. The van der Waals surface area contributed by atoms with Crippen molar-refractivity contribution in [1.82, 2.24) is 4.57 Å². The maximum atomic E-state index is 2.44. The third kappa shape index (κ3) is 5.65. The molecule has 4 heteroatoms. The Morgan fingerprint density at radius 3 is 1.46 bits per heavy atom. The number of para-hydroxylation sites is 5. The van der Waals surface area contributed by atoms with Crippen LogP contribution in [0, 0.1) is 0 Å². The van der Waals surface area contributed by atoms with Crippen molar-refractivity contribution in [2.75, 3.05) is 9.80 Å². The lowest BCUT2D eigenvalue weighted by Crippen LogP contribution is -2.17. The van der Waals surface area contributed by atoms with Crippen LogP contribution in [0.4, 0.5) is 34.3 Å². The number of nitrogens with zero attached hydrogens (tertiary/aromatic N) is 3. The molecule has 0 radical (unpaired) electrons. The summed E-state index contributed by atoms with van der Waals surface area (Å²) in [6, 6.07) is 76.1. The van der Waals surface area contributed by atoms with Crippen molar-refractivity contribution >= 4 is 56.9 Å². The van der Waals surface area contributed by atoms with E-state index in [-0.39, 0.29) is 0 Å². The molecule has 0 atom stereocenters. The molecule has 9 aromatic rings. The SMILES string of the molecule is c1ccc(N(c2ccccc2)c2ccc(-c3ccc(-c4ccc5c6c(n(-c7ccccc7)c5c4)N(c4ccccc4)c4ccccc4S6)cc3)cc2)cc1. The monoisotopic (exact) mass is 709 g/mol. The fraction of sp³-hybridized carbons (Fsp3) is 0. The van der Waals surface area contributed by atoms with Crippen LogP contribution in [0.15, 0.2) is 222 Å². The molecule has 1 aliphatic rings. The maximum absolute atomic E-state index is 2.44. The van der Waals surface area contributed by atoms with Crippen molar-refractivity contribution < 1.29 is 0 Å². The van der Waals surface area contributed by atoms with E-state index in [2.05, 4.69) is 227 Å². The molecule has 0 bridgehead atoms. The number of fused-ring (bicyclic) bond motifs is 4. The standard InChI is InChI=1S/C50H35N3S/c1-5-15-40(16-6-1)51(41-17-7-2-8-18-41)44-32-29-37(30-33-44)36-25-27-38(28-26-36)39-31-34-45-47(35-39)53(43-21-11-4-12-22-43)50-49(45)54-48-24-14-13-23-46(48)52(50)42-19-9-3-10-20-42/h1-35H. The lowest BCUT2D eigenvalue weighted by molar-refractivity contribution is 1.03. The van der Waals surface area contributed by atoms with E-state index in [1.165, 1.54) is 54.5 Å². The average Bonchev–Trinajstić information content (AvgIpc) is 3.57. The van der Waals surface area contributed by atoms with Crippen molar-refractivity contribution in [2.45, 2.75) is 9.79 Å². The van der Waals surface area contributed by atoms with Crippen LogP contribution < -0.4 is 9.80 Å². The topological polar surface area (TPSA) is 11.4 Å². The molecule has 0 aliphatic carbocycles. The maximum Gasteiger partial charge on any atom is 0.137 e. The summed E-state index contributed by atoms with van der Waals surface area (Å²) in [5, 5.41) is 1.25. The normalized spacial score (nSPS) is 12.0. The second-order valence-corrected chi connectivity index (χ2v) is 14.5. The Morgan fingerprint density at radius 2 is 0.852 bits per heavy atom. The van der Waals surface area contributed by atoms with Crippen LogP contribution in [-0.4, -0.2) is 4.57 Å². The minimum Gasteiger partial charge on any atom is -0.311 e. The number of hydrogen-bond donors (Lipinski definition) is 0. The molecule has 0 unspecified atom stereocenters. The van der Waals surface area contributed by atoms with Gasteiger partial charge in [-0.15, -0.1) is 0 Å². The number of anilines is 6. The number of hydrogen-bond acceptors (Lipinski definition) is 3. The van der Waals surface area contributed by atoms with Gasteiger partial charge in [-0.2, -0.15) is 0 Å². The van der Waals surface area contributed by atoms with Crippen molar-refractivity contribution in [1.29, 1.82) is 0 Å². The van der Waals surface area contributed by atoms with Gasteiger partial charge in [0.05, 0.1) is 16.1 Å². The quantitative estimate of drug-likeness (QED) is 0.163. The van der Waals surface area contributed by atoms with Gasteiger partial charge in [-0.1, -0.05) is 145 Å². The summed E-state index contributed by atoms with van der Waals surface area (Å²) in [6.07, 6.45) is 0. The largest absolute Gasteiger partial charge is 0.311 e.